The van der Waals surface area contributed by atoms with Crippen LogP contribution in [-0.4, -0.2) is 8.97 Å². The van der Waals surface area contributed by atoms with E-state index >= 15 is 0 Å². The Morgan fingerprint density at radius 3 is 1.69 bits per heavy atom. The highest BCUT2D eigenvalue weighted by molar-refractivity contribution is 6.31. The maximum absolute atomic E-state index is 2.50. The van der Waals surface area contributed by atoms with E-state index in [4.69, 9.17) is 0 Å². The number of para-hydroxylation sites is 3. The summed E-state index contributed by atoms with van der Waals surface area (Å²) in [5.74, 6) is 0. The molecule has 0 atom stereocenters. The molecule has 0 amide bonds. The summed E-state index contributed by atoms with van der Waals surface area (Å²) in [5.41, 5.74) is 13.0. The summed E-state index contributed by atoms with van der Waals surface area (Å²) >= 11 is 0. The summed E-state index contributed by atoms with van der Waals surface area (Å²) in [6.45, 7) is 0. The largest absolute Gasteiger partial charge is 0.310 e. The van der Waals surface area contributed by atoms with Crippen LogP contribution in [0.15, 0.2) is 188 Å². The van der Waals surface area contributed by atoms with Crippen molar-refractivity contribution in [1.29, 1.82) is 0 Å². The van der Waals surface area contributed by atoms with Crippen molar-refractivity contribution in [3.63, 3.8) is 0 Å². The van der Waals surface area contributed by atoms with Gasteiger partial charge in [0.25, 0.3) is 0 Å². The van der Waals surface area contributed by atoms with Crippen LogP contribution in [0.25, 0.3) is 76.7 Å². The molecule has 0 saturated heterocycles. The van der Waals surface area contributed by atoms with Gasteiger partial charge in [0.05, 0.1) is 27.6 Å². The average Bonchev–Trinajstić information content (AvgIpc) is 3.68. The third-order valence-corrected chi connectivity index (χ3v) is 10.6. The Labute approximate surface area is 294 Å². The third-order valence-electron chi connectivity index (χ3n) is 10.6. The van der Waals surface area contributed by atoms with Gasteiger partial charge in [-0.15, -0.1) is 0 Å². The Hall–Kier alpha value is -6.84. The molecule has 3 nitrogen and oxygen atoms in total. The smallest absolute Gasteiger partial charge is 0.0619 e. The lowest BCUT2D eigenvalue weighted by Crippen LogP contribution is -2.10. The van der Waals surface area contributed by atoms with Gasteiger partial charge in [0, 0.05) is 49.7 Å². The molecule has 0 aliphatic carbocycles. The summed E-state index contributed by atoms with van der Waals surface area (Å²) in [7, 11) is 0. The molecule has 11 aromatic rings. The zero-order valence-electron chi connectivity index (χ0n) is 27.7. The van der Waals surface area contributed by atoms with Crippen LogP contribution in [0.1, 0.15) is 0 Å². The van der Waals surface area contributed by atoms with Crippen molar-refractivity contribution in [3.8, 4) is 16.8 Å². The summed E-state index contributed by atoms with van der Waals surface area (Å²) in [4.78, 5) is 2.35. The zero-order chi connectivity index (χ0) is 33.5. The van der Waals surface area contributed by atoms with Crippen molar-refractivity contribution in [3.05, 3.63) is 188 Å². The fourth-order valence-corrected chi connectivity index (χ4v) is 8.49. The second-order valence-electron chi connectivity index (χ2n) is 13.4. The van der Waals surface area contributed by atoms with Gasteiger partial charge in [-0.2, -0.15) is 0 Å². The Balaban J connectivity index is 1.17. The average molecular weight is 650 g/mol. The van der Waals surface area contributed by atoms with Gasteiger partial charge >= 0.3 is 0 Å². The van der Waals surface area contributed by atoms with E-state index in [9.17, 15) is 0 Å². The summed E-state index contributed by atoms with van der Waals surface area (Å²) in [5, 5.41) is 7.70. The predicted octanol–water partition coefficient (Wildman–Crippen LogP) is 13.1. The van der Waals surface area contributed by atoms with Crippen LogP contribution < -0.4 is 4.90 Å². The molecule has 238 valence electrons. The van der Waals surface area contributed by atoms with Gasteiger partial charge < -0.3 is 13.9 Å². The Bertz CT molecular complexity index is 3060. The van der Waals surface area contributed by atoms with Gasteiger partial charge in [-0.1, -0.05) is 121 Å². The minimum atomic E-state index is 1.10. The van der Waals surface area contributed by atoms with Crippen LogP contribution in [0, 0.1) is 0 Å². The molecule has 0 spiro atoms. The number of hydrogen-bond donors (Lipinski definition) is 0. The molecule has 0 aliphatic rings. The lowest BCUT2D eigenvalue weighted by molar-refractivity contribution is 1.17. The molecule has 0 saturated carbocycles. The van der Waals surface area contributed by atoms with E-state index in [0.29, 0.717) is 0 Å². The van der Waals surface area contributed by atoms with Crippen LogP contribution in [0.5, 0.6) is 0 Å². The Kier molecular flexibility index (Phi) is 5.96. The molecular weight excluding hydrogens is 619 g/mol. The quantitative estimate of drug-likeness (QED) is 0.181. The van der Waals surface area contributed by atoms with E-state index in [1.165, 1.54) is 71.0 Å². The molecule has 0 bridgehead atoms. The molecule has 0 radical (unpaired) electrons. The summed E-state index contributed by atoms with van der Waals surface area (Å²) < 4.78 is 4.96. The minimum Gasteiger partial charge on any atom is -0.310 e. The van der Waals surface area contributed by atoms with Crippen molar-refractivity contribution in [2.75, 3.05) is 4.90 Å². The number of benzene rings is 8. The molecule has 3 aromatic heterocycles. The van der Waals surface area contributed by atoms with Gasteiger partial charge in [-0.25, -0.2) is 0 Å². The molecule has 0 aliphatic heterocycles. The summed E-state index contributed by atoms with van der Waals surface area (Å²) in [6.07, 6.45) is 0. The first-order chi connectivity index (χ1) is 25.3. The maximum atomic E-state index is 2.50. The molecule has 0 unspecified atom stereocenters. The van der Waals surface area contributed by atoms with Gasteiger partial charge in [0.15, 0.2) is 0 Å². The highest BCUT2D eigenvalue weighted by atomic mass is 15.1. The second kappa shape index (κ2) is 10.8. The maximum Gasteiger partial charge on any atom is 0.0619 e. The number of anilines is 3. The lowest BCUT2D eigenvalue weighted by atomic mass is 10.0. The van der Waals surface area contributed by atoms with Crippen molar-refractivity contribution < 1.29 is 0 Å². The molecular formula is C48H31N3. The number of hydrogen-bond acceptors (Lipinski definition) is 1. The van der Waals surface area contributed by atoms with E-state index < -0.39 is 0 Å². The van der Waals surface area contributed by atoms with Gasteiger partial charge in [-0.3, -0.25) is 0 Å². The van der Waals surface area contributed by atoms with Crippen LogP contribution in [0.4, 0.5) is 17.1 Å². The SMILES string of the molecule is c1ccc(-c2ccc(N(c3ccccc3)c3cccc(-n4c5cccc6c7cccc8c9ccccc9n(c9cccc4c9c65)c78)c3)cc2)cc1. The number of aromatic nitrogens is 2. The van der Waals surface area contributed by atoms with E-state index in [1.54, 1.807) is 0 Å². The molecule has 51 heavy (non-hydrogen) atoms. The van der Waals surface area contributed by atoms with Gasteiger partial charge in [0.1, 0.15) is 0 Å². The normalized spacial score (nSPS) is 11.9. The molecule has 3 heterocycles. The predicted molar refractivity (Wildman–Crippen MR) is 216 cm³/mol. The highest BCUT2D eigenvalue weighted by Crippen LogP contribution is 2.45. The molecule has 0 fully saturated rings. The lowest BCUT2D eigenvalue weighted by Gasteiger charge is -2.26. The standard InChI is InChI=1S/C48H31N3/c1-3-13-32(14-4-1)33-27-29-35(30-28-33)49(34-15-5-2-6-16-34)36-17-9-18-37(31-36)50-43-24-11-20-39-41-22-10-21-40-38-19-7-8-23-42(38)51(48(40)41)45-26-12-25-44(50)47(45)46(39)43/h1-31H. The molecule has 3 heteroatoms. The molecule has 8 aromatic carbocycles. The van der Waals surface area contributed by atoms with E-state index in [-0.39, 0.29) is 0 Å². The van der Waals surface area contributed by atoms with E-state index in [0.717, 1.165) is 22.7 Å². The van der Waals surface area contributed by atoms with Crippen LogP contribution in [0.2, 0.25) is 0 Å². The highest BCUT2D eigenvalue weighted by Gasteiger charge is 2.22. The fraction of sp³-hybridized carbons (Fsp3) is 0. The topological polar surface area (TPSA) is 12.6 Å². The molecule has 0 N–H and O–H groups in total. The van der Waals surface area contributed by atoms with E-state index in [1.807, 2.05) is 0 Å². The minimum absolute atomic E-state index is 1.10. The first kappa shape index (κ1) is 28.0. The Morgan fingerprint density at radius 2 is 0.863 bits per heavy atom. The number of rotatable bonds is 5. The zero-order valence-corrected chi connectivity index (χ0v) is 27.7. The fourth-order valence-electron chi connectivity index (χ4n) is 8.49. The van der Waals surface area contributed by atoms with Crippen LogP contribution >= 0.6 is 0 Å². The number of nitrogens with zero attached hydrogens (tertiary/aromatic N) is 3. The van der Waals surface area contributed by atoms with Crippen molar-refractivity contribution in [1.82, 2.24) is 8.97 Å². The van der Waals surface area contributed by atoms with Crippen molar-refractivity contribution >= 4 is 77.0 Å². The summed E-state index contributed by atoms with van der Waals surface area (Å²) in [6, 6.07) is 68.3. The first-order valence-corrected chi connectivity index (χ1v) is 17.5. The monoisotopic (exact) mass is 649 g/mol. The number of fused-ring (bicyclic) bond motifs is 5. The van der Waals surface area contributed by atoms with E-state index in [2.05, 4.69) is 202 Å². The van der Waals surface area contributed by atoms with Gasteiger partial charge in [0.2, 0.25) is 0 Å². The van der Waals surface area contributed by atoms with Crippen molar-refractivity contribution in [2.24, 2.45) is 0 Å². The Morgan fingerprint density at radius 1 is 0.333 bits per heavy atom. The van der Waals surface area contributed by atoms with Gasteiger partial charge in [-0.05, 0) is 83.2 Å². The third kappa shape index (κ3) is 4.06. The second-order valence-corrected chi connectivity index (χ2v) is 13.4. The first-order valence-electron chi connectivity index (χ1n) is 17.5. The van der Waals surface area contributed by atoms with Crippen LogP contribution in [0.3, 0.4) is 0 Å². The molecule has 11 rings (SSSR count). The van der Waals surface area contributed by atoms with Crippen molar-refractivity contribution in [2.45, 2.75) is 0 Å². The van der Waals surface area contributed by atoms with Crippen LogP contribution in [-0.2, 0) is 0 Å².